The lowest BCUT2D eigenvalue weighted by atomic mass is 10.2. The standard InChI is InChI=1S/C29H29N5O4/c1-34(2)17-6-18-37-28(36)16-15-27(35)32-22-11-14-26-25(19-22)29(31-20-30-26)33-21-9-12-24(13-10-21)38-23-7-4-3-5-8-23/h3-5,7-16,19-20H,6,17-18H2,1-2H3,(H,32,35)(H,30,31,33). The number of benzene rings is 3. The van der Waals surface area contributed by atoms with Crippen LogP contribution in [0.5, 0.6) is 11.5 Å². The Kier molecular flexibility index (Phi) is 8.98. The van der Waals surface area contributed by atoms with Gasteiger partial charge in [-0.1, -0.05) is 18.2 Å². The van der Waals surface area contributed by atoms with Gasteiger partial charge in [-0.15, -0.1) is 0 Å². The van der Waals surface area contributed by atoms with Crippen LogP contribution < -0.4 is 15.4 Å². The second-order valence-corrected chi connectivity index (χ2v) is 8.67. The van der Waals surface area contributed by atoms with E-state index in [1.54, 1.807) is 18.2 Å². The monoisotopic (exact) mass is 511 g/mol. The molecule has 0 saturated heterocycles. The van der Waals surface area contributed by atoms with Crippen molar-refractivity contribution < 1.29 is 19.1 Å². The lowest BCUT2D eigenvalue weighted by Crippen LogP contribution is -2.16. The minimum absolute atomic E-state index is 0.298. The van der Waals surface area contributed by atoms with Crippen molar-refractivity contribution in [3.63, 3.8) is 0 Å². The molecule has 0 radical (unpaired) electrons. The molecule has 1 amide bonds. The molecule has 4 rings (SSSR count). The molecule has 194 valence electrons. The number of carbonyl (C=O) groups excluding carboxylic acids is 2. The smallest absolute Gasteiger partial charge is 0.330 e. The topological polar surface area (TPSA) is 106 Å². The van der Waals surface area contributed by atoms with Crippen LogP contribution in [0.25, 0.3) is 10.9 Å². The van der Waals surface area contributed by atoms with Gasteiger partial charge in [-0.25, -0.2) is 14.8 Å². The van der Waals surface area contributed by atoms with Crippen molar-refractivity contribution in [2.45, 2.75) is 6.42 Å². The van der Waals surface area contributed by atoms with E-state index in [-0.39, 0.29) is 0 Å². The number of aromatic nitrogens is 2. The number of amides is 1. The first kappa shape index (κ1) is 26.3. The Morgan fingerprint density at radius 3 is 2.39 bits per heavy atom. The molecule has 1 aromatic heterocycles. The summed E-state index contributed by atoms with van der Waals surface area (Å²) in [4.78, 5) is 34.8. The minimum Gasteiger partial charge on any atom is -0.462 e. The van der Waals surface area contributed by atoms with Crippen molar-refractivity contribution in [1.29, 1.82) is 0 Å². The molecule has 1 heterocycles. The summed E-state index contributed by atoms with van der Waals surface area (Å²) in [5.74, 6) is 1.05. The summed E-state index contributed by atoms with van der Waals surface area (Å²) in [5.41, 5.74) is 2.06. The summed E-state index contributed by atoms with van der Waals surface area (Å²) in [7, 11) is 3.90. The summed E-state index contributed by atoms with van der Waals surface area (Å²) in [6, 6.07) is 22.4. The molecule has 0 aliphatic heterocycles. The number of ether oxygens (including phenoxy) is 2. The van der Waals surface area contributed by atoms with E-state index in [2.05, 4.69) is 20.6 Å². The van der Waals surface area contributed by atoms with Crippen molar-refractivity contribution in [3.8, 4) is 11.5 Å². The summed E-state index contributed by atoms with van der Waals surface area (Å²) in [5, 5.41) is 6.77. The van der Waals surface area contributed by atoms with Crippen LogP contribution in [-0.2, 0) is 14.3 Å². The maximum Gasteiger partial charge on any atom is 0.330 e. The van der Waals surface area contributed by atoms with Gasteiger partial charge in [0.1, 0.15) is 23.6 Å². The number of para-hydroxylation sites is 1. The van der Waals surface area contributed by atoms with E-state index < -0.39 is 11.9 Å². The predicted molar refractivity (Wildman–Crippen MR) is 148 cm³/mol. The Labute approximate surface area is 221 Å². The average Bonchev–Trinajstić information content (AvgIpc) is 2.92. The second kappa shape index (κ2) is 13.0. The van der Waals surface area contributed by atoms with E-state index in [0.29, 0.717) is 29.4 Å². The van der Waals surface area contributed by atoms with E-state index in [9.17, 15) is 9.59 Å². The highest BCUT2D eigenvalue weighted by Gasteiger charge is 2.08. The predicted octanol–water partition coefficient (Wildman–Crippen LogP) is 5.16. The third-order valence-corrected chi connectivity index (χ3v) is 5.36. The third kappa shape index (κ3) is 7.87. The van der Waals surface area contributed by atoms with E-state index in [4.69, 9.17) is 9.47 Å². The molecule has 0 unspecified atom stereocenters. The number of fused-ring (bicyclic) bond motifs is 1. The van der Waals surface area contributed by atoms with E-state index in [1.165, 1.54) is 6.33 Å². The van der Waals surface area contributed by atoms with E-state index in [1.807, 2.05) is 73.6 Å². The molecular weight excluding hydrogens is 482 g/mol. The fraction of sp³-hybridized carbons (Fsp3) is 0.172. The largest absolute Gasteiger partial charge is 0.462 e. The molecule has 2 N–H and O–H groups in total. The van der Waals surface area contributed by atoms with Gasteiger partial charge in [0.15, 0.2) is 0 Å². The maximum atomic E-state index is 12.3. The first-order valence-electron chi connectivity index (χ1n) is 12.1. The molecule has 0 fully saturated rings. The zero-order valence-electron chi connectivity index (χ0n) is 21.3. The van der Waals surface area contributed by atoms with Crippen molar-refractivity contribution in [2.24, 2.45) is 0 Å². The highest BCUT2D eigenvalue weighted by atomic mass is 16.5. The highest BCUT2D eigenvalue weighted by Crippen LogP contribution is 2.28. The zero-order chi connectivity index (χ0) is 26.7. The van der Waals surface area contributed by atoms with Gasteiger partial charge < -0.3 is 25.0 Å². The van der Waals surface area contributed by atoms with Gasteiger partial charge in [-0.3, -0.25) is 4.79 Å². The van der Waals surface area contributed by atoms with Gasteiger partial charge in [-0.05, 0) is 75.1 Å². The SMILES string of the molecule is CN(C)CCCOC(=O)C=CC(=O)Nc1ccc2ncnc(Nc3ccc(Oc4ccccc4)cc3)c2c1. The van der Waals surface area contributed by atoms with Gasteiger partial charge in [0.25, 0.3) is 0 Å². The van der Waals surface area contributed by atoms with Crippen molar-refractivity contribution >= 4 is 40.0 Å². The zero-order valence-corrected chi connectivity index (χ0v) is 21.3. The Morgan fingerprint density at radius 2 is 1.63 bits per heavy atom. The van der Waals surface area contributed by atoms with Crippen LogP contribution in [0.1, 0.15) is 6.42 Å². The first-order chi connectivity index (χ1) is 18.5. The van der Waals surface area contributed by atoms with Gasteiger partial charge in [0, 0.05) is 35.5 Å². The number of carbonyl (C=O) groups is 2. The molecule has 9 nitrogen and oxygen atoms in total. The molecule has 38 heavy (non-hydrogen) atoms. The Bertz CT molecular complexity index is 1410. The van der Waals surface area contributed by atoms with E-state index in [0.717, 1.165) is 41.9 Å². The molecule has 9 heteroatoms. The number of esters is 1. The molecule has 0 aliphatic rings. The summed E-state index contributed by atoms with van der Waals surface area (Å²) < 4.78 is 10.9. The van der Waals surface area contributed by atoms with Gasteiger partial charge in [0.05, 0.1) is 12.1 Å². The molecule has 4 aromatic rings. The summed E-state index contributed by atoms with van der Waals surface area (Å²) in [6.45, 7) is 1.11. The van der Waals surface area contributed by atoms with E-state index >= 15 is 0 Å². The molecule has 0 atom stereocenters. The Balaban J connectivity index is 1.38. The molecule has 0 aliphatic carbocycles. The lowest BCUT2D eigenvalue weighted by Gasteiger charge is -2.11. The van der Waals surface area contributed by atoms with Gasteiger partial charge in [0.2, 0.25) is 5.91 Å². The molecular formula is C29H29N5O4. The van der Waals surface area contributed by atoms with Crippen LogP contribution in [0.15, 0.2) is 91.3 Å². The Morgan fingerprint density at radius 1 is 0.895 bits per heavy atom. The van der Waals surface area contributed by atoms with Crippen LogP contribution in [0.3, 0.4) is 0 Å². The normalized spacial score (nSPS) is 11.0. The highest BCUT2D eigenvalue weighted by molar-refractivity contribution is 6.04. The van der Waals surface area contributed by atoms with Crippen LogP contribution in [-0.4, -0.2) is 54.0 Å². The van der Waals surface area contributed by atoms with Crippen molar-refractivity contribution in [2.75, 3.05) is 37.9 Å². The molecule has 0 saturated carbocycles. The number of rotatable bonds is 11. The van der Waals surface area contributed by atoms with Crippen LogP contribution >= 0.6 is 0 Å². The molecule has 0 bridgehead atoms. The lowest BCUT2D eigenvalue weighted by molar-refractivity contribution is -0.138. The van der Waals surface area contributed by atoms with Crippen molar-refractivity contribution in [1.82, 2.24) is 14.9 Å². The summed E-state index contributed by atoms with van der Waals surface area (Å²) >= 11 is 0. The minimum atomic E-state index is -0.558. The Hall–Kier alpha value is -4.76. The average molecular weight is 512 g/mol. The fourth-order valence-electron chi connectivity index (χ4n) is 3.53. The van der Waals surface area contributed by atoms with Crippen molar-refractivity contribution in [3.05, 3.63) is 91.3 Å². The fourth-order valence-corrected chi connectivity index (χ4v) is 3.53. The van der Waals surface area contributed by atoms with Crippen LogP contribution in [0, 0.1) is 0 Å². The number of hydrogen-bond acceptors (Lipinski definition) is 8. The van der Waals surface area contributed by atoms with Gasteiger partial charge in [-0.2, -0.15) is 0 Å². The summed E-state index contributed by atoms with van der Waals surface area (Å²) in [6.07, 6.45) is 4.47. The van der Waals surface area contributed by atoms with Crippen LogP contribution in [0.2, 0.25) is 0 Å². The number of nitrogens with one attached hydrogen (secondary N) is 2. The quantitative estimate of drug-likeness (QED) is 0.162. The third-order valence-electron chi connectivity index (χ3n) is 5.36. The number of hydrogen-bond donors (Lipinski definition) is 2. The van der Waals surface area contributed by atoms with Gasteiger partial charge >= 0.3 is 5.97 Å². The van der Waals surface area contributed by atoms with Crippen LogP contribution in [0.4, 0.5) is 17.2 Å². The second-order valence-electron chi connectivity index (χ2n) is 8.67. The molecule has 0 spiro atoms. The number of nitrogens with zero attached hydrogens (tertiary/aromatic N) is 3. The first-order valence-corrected chi connectivity index (χ1v) is 12.1. The maximum absolute atomic E-state index is 12.3. The number of anilines is 3. The molecule has 3 aromatic carbocycles.